The lowest BCUT2D eigenvalue weighted by Gasteiger charge is -2.19. The molecule has 0 unspecified atom stereocenters. The van der Waals surface area contributed by atoms with Gasteiger partial charge in [-0.05, 0) is 44.9 Å². The summed E-state index contributed by atoms with van der Waals surface area (Å²) in [6.07, 6.45) is 4.06. The second kappa shape index (κ2) is 7.04. The topological polar surface area (TPSA) is 86.1 Å². The first-order chi connectivity index (χ1) is 12.0. The van der Waals surface area contributed by atoms with E-state index in [1.54, 1.807) is 10.9 Å². The van der Waals surface area contributed by atoms with Crippen LogP contribution in [0.4, 0.5) is 17.1 Å². The Kier molecular flexibility index (Phi) is 4.83. The monoisotopic (exact) mass is 341 g/mol. The van der Waals surface area contributed by atoms with Gasteiger partial charge in [-0.2, -0.15) is 0 Å². The third-order valence-electron chi connectivity index (χ3n) is 4.31. The van der Waals surface area contributed by atoms with Gasteiger partial charge in [0, 0.05) is 25.7 Å². The minimum absolute atomic E-state index is 0.124. The van der Waals surface area contributed by atoms with Gasteiger partial charge in [0.05, 0.1) is 11.4 Å². The fourth-order valence-corrected chi connectivity index (χ4v) is 3.07. The highest BCUT2D eigenvalue weighted by Crippen LogP contribution is 2.32. The molecule has 3 rings (SSSR count). The first-order valence-corrected chi connectivity index (χ1v) is 8.67. The largest absolute Gasteiger partial charge is 0.371 e. The van der Waals surface area contributed by atoms with Crippen LogP contribution >= 0.6 is 0 Å². The van der Waals surface area contributed by atoms with E-state index in [-0.39, 0.29) is 11.9 Å². The summed E-state index contributed by atoms with van der Waals surface area (Å²) in [5.74, 6) is 0.397. The molecule has 0 bridgehead atoms. The SMILES string of the molecule is CC(=O)Nc1cc(N2CCCC2)ccc1N=C1C=N[N+](C(C)C)=C1N. The van der Waals surface area contributed by atoms with Crippen molar-refractivity contribution in [1.29, 1.82) is 0 Å². The predicted molar refractivity (Wildman–Crippen MR) is 102 cm³/mol. The molecule has 1 amide bonds. The molecule has 0 aromatic heterocycles. The molecule has 132 valence electrons. The molecule has 0 aliphatic carbocycles. The molecule has 1 saturated heterocycles. The van der Waals surface area contributed by atoms with Crippen LogP contribution in [0.2, 0.25) is 0 Å². The summed E-state index contributed by atoms with van der Waals surface area (Å²) in [6, 6.07) is 6.11. The van der Waals surface area contributed by atoms with Gasteiger partial charge in [0.1, 0.15) is 12.3 Å². The highest BCUT2D eigenvalue weighted by molar-refractivity contribution is 6.62. The summed E-state index contributed by atoms with van der Waals surface area (Å²) in [7, 11) is 0. The lowest BCUT2D eigenvalue weighted by Crippen LogP contribution is -2.31. The van der Waals surface area contributed by atoms with Crippen LogP contribution in [0.1, 0.15) is 33.6 Å². The minimum Gasteiger partial charge on any atom is -0.371 e. The van der Waals surface area contributed by atoms with Crippen LogP contribution < -0.4 is 16.0 Å². The molecule has 0 saturated carbocycles. The van der Waals surface area contributed by atoms with Gasteiger partial charge in [0.25, 0.3) is 0 Å². The number of hydrogen-bond donors (Lipinski definition) is 2. The number of rotatable bonds is 4. The number of hydrogen-bond acceptors (Lipinski definition) is 5. The maximum Gasteiger partial charge on any atom is 0.321 e. The lowest BCUT2D eigenvalue weighted by molar-refractivity contribution is -0.560. The van der Waals surface area contributed by atoms with Crippen LogP contribution in [0, 0.1) is 0 Å². The minimum atomic E-state index is -0.124. The molecule has 2 aliphatic heterocycles. The molecule has 2 heterocycles. The van der Waals surface area contributed by atoms with Gasteiger partial charge >= 0.3 is 5.84 Å². The van der Waals surface area contributed by atoms with E-state index < -0.39 is 0 Å². The molecule has 0 radical (unpaired) electrons. The number of benzene rings is 1. The lowest BCUT2D eigenvalue weighted by atomic mass is 10.2. The maximum absolute atomic E-state index is 11.6. The molecule has 0 atom stereocenters. The second-order valence-electron chi connectivity index (χ2n) is 6.64. The quantitative estimate of drug-likeness (QED) is 0.822. The standard InChI is InChI=1S/C18H24N6O/c1-12(2)24-18(19)17(11-20-24)22-15-7-6-14(23-8-4-5-9-23)10-16(15)21-13(3)25/h6-7,10-12H,4-5,8-9H2,1-3H3,(H2,19,20,21,25)/p+1. The van der Waals surface area contributed by atoms with E-state index in [0.717, 1.165) is 18.8 Å². The number of hydrazone groups is 1. The summed E-state index contributed by atoms with van der Waals surface area (Å²) in [5, 5.41) is 7.16. The molecule has 1 fully saturated rings. The summed E-state index contributed by atoms with van der Waals surface area (Å²) < 4.78 is 1.73. The molecule has 3 N–H and O–H groups in total. The van der Waals surface area contributed by atoms with Crippen molar-refractivity contribution in [2.75, 3.05) is 23.3 Å². The molecule has 1 aromatic carbocycles. The normalized spacial score (nSPS) is 18.7. The van der Waals surface area contributed by atoms with Gasteiger partial charge < -0.3 is 10.2 Å². The third kappa shape index (κ3) is 3.70. The molecular formula is C18H25N6O+. The Morgan fingerprint density at radius 3 is 2.68 bits per heavy atom. The van der Waals surface area contributed by atoms with Gasteiger partial charge in [-0.1, -0.05) is 5.10 Å². The first kappa shape index (κ1) is 17.1. The fourth-order valence-electron chi connectivity index (χ4n) is 3.07. The van der Waals surface area contributed by atoms with E-state index >= 15 is 0 Å². The zero-order chi connectivity index (χ0) is 18.0. The van der Waals surface area contributed by atoms with Crippen molar-refractivity contribution in [2.24, 2.45) is 15.8 Å². The molecular weight excluding hydrogens is 316 g/mol. The van der Waals surface area contributed by atoms with E-state index in [2.05, 4.69) is 20.3 Å². The van der Waals surface area contributed by atoms with Crippen LogP contribution in [0.15, 0.2) is 28.3 Å². The molecule has 25 heavy (non-hydrogen) atoms. The second-order valence-corrected chi connectivity index (χ2v) is 6.64. The van der Waals surface area contributed by atoms with Crippen LogP contribution in [0.3, 0.4) is 0 Å². The zero-order valence-electron chi connectivity index (χ0n) is 15.0. The van der Waals surface area contributed by atoms with Crippen molar-refractivity contribution in [3.05, 3.63) is 18.2 Å². The van der Waals surface area contributed by atoms with E-state index in [1.807, 2.05) is 32.0 Å². The number of aliphatic imine (C=N–C) groups is 1. The van der Waals surface area contributed by atoms with Crippen LogP contribution in [-0.4, -0.2) is 47.5 Å². The van der Waals surface area contributed by atoms with Gasteiger partial charge in [0.2, 0.25) is 5.91 Å². The van der Waals surface area contributed by atoms with Crippen molar-refractivity contribution < 1.29 is 9.48 Å². The average molecular weight is 341 g/mol. The Balaban J connectivity index is 1.96. The van der Waals surface area contributed by atoms with Crippen LogP contribution in [0.5, 0.6) is 0 Å². The Bertz CT molecular complexity index is 772. The first-order valence-electron chi connectivity index (χ1n) is 8.67. The maximum atomic E-state index is 11.6. The van der Waals surface area contributed by atoms with Crippen LogP contribution in [0.25, 0.3) is 0 Å². The smallest absolute Gasteiger partial charge is 0.321 e. The Hall–Kier alpha value is -2.70. The highest BCUT2D eigenvalue weighted by atomic mass is 16.1. The Labute approximate surface area is 147 Å². The number of anilines is 2. The van der Waals surface area contributed by atoms with Crippen molar-refractivity contribution in [3.8, 4) is 0 Å². The summed E-state index contributed by atoms with van der Waals surface area (Å²) in [6.45, 7) is 7.62. The molecule has 1 aromatic rings. The van der Waals surface area contributed by atoms with Crippen molar-refractivity contribution in [2.45, 2.75) is 39.7 Å². The van der Waals surface area contributed by atoms with E-state index in [1.165, 1.54) is 19.8 Å². The highest BCUT2D eigenvalue weighted by Gasteiger charge is 2.24. The number of nitrogens with two attached hydrogens (primary N) is 1. The van der Waals surface area contributed by atoms with E-state index in [9.17, 15) is 4.79 Å². The van der Waals surface area contributed by atoms with Crippen molar-refractivity contribution in [1.82, 2.24) is 0 Å². The summed E-state index contributed by atoms with van der Waals surface area (Å²) >= 11 is 0. The van der Waals surface area contributed by atoms with Crippen molar-refractivity contribution >= 4 is 40.7 Å². The molecule has 0 spiro atoms. The summed E-state index contributed by atoms with van der Waals surface area (Å²) in [5.41, 5.74) is 9.22. The van der Waals surface area contributed by atoms with Gasteiger partial charge in [-0.15, -0.1) is 4.68 Å². The fraction of sp³-hybridized carbons (Fsp3) is 0.444. The zero-order valence-corrected chi connectivity index (χ0v) is 15.0. The van der Waals surface area contributed by atoms with Gasteiger partial charge in [-0.3, -0.25) is 10.5 Å². The third-order valence-corrected chi connectivity index (χ3v) is 4.31. The molecule has 7 nitrogen and oxygen atoms in total. The molecule has 2 aliphatic rings. The number of nitrogens with zero attached hydrogens (tertiary/aromatic N) is 4. The Morgan fingerprint density at radius 1 is 1.36 bits per heavy atom. The number of nitrogens with one attached hydrogen (secondary N) is 1. The number of amides is 1. The van der Waals surface area contributed by atoms with Crippen LogP contribution in [-0.2, 0) is 4.79 Å². The van der Waals surface area contributed by atoms with Gasteiger partial charge in [-0.25, -0.2) is 4.99 Å². The molecule has 7 heteroatoms. The van der Waals surface area contributed by atoms with E-state index in [4.69, 9.17) is 5.73 Å². The van der Waals surface area contributed by atoms with Crippen molar-refractivity contribution in [3.63, 3.8) is 0 Å². The number of carbonyl (C=O) groups excluding carboxylic acids is 1. The van der Waals surface area contributed by atoms with E-state index in [0.29, 0.717) is 22.9 Å². The predicted octanol–water partition coefficient (Wildman–Crippen LogP) is 2.10. The Morgan fingerprint density at radius 2 is 2.08 bits per heavy atom. The number of carbonyl (C=O) groups is 1. The average Bonchev–Trinajstić information content (AvgIpc) is 3.19. The van der Waals surface area contributed by atoms with Gasteiger partial charge in [0.15, 0.2) is 5.71 Å². The number of amidine groups is 1. The summed E-state index contributed by atoms with van der Waals surface area (Å²) in [4.78, 5) is 18.5.